The third-order valence-electron chi connectivity index (χ3n) is 4.97. The fourth-order valence-electron chi connectivity index (χ4n) is 3.37. The third-order valence-corrected chi connectivity index (χ3v) is 4.97. The van der Waals surface area contributed by atoms with E-state index in [1.165, 1.54) is 12.1 Å². The van der Waals surface area contributed by atoms with Gasteiger partial charge in [-0.1, -0.05) is 60.7 Å². The summed E-state index contributed by atoms with van der Waals surface area (Å²) < 4.78 is 13.4. The molecule has 3 aromatic rings. The molecule has 1 atom stereocenters. The third kappa shape index (κ3) is 5.54. The van der Waals surface area contributed by atoms with Gasteiger partial charge < -0.3 is 10.2 Å². The Labute approximate surface area is 176 Å². The highest BCUT2D eigenvalue weighted by Gasteiger charge is 2.23. The molecule has 5 heteroatoms. The predicted molar refractivity (Wildman–Crippen MR) is 115 cm³/mol. The zero-order valence-electron chi connectivity index (χ0n) is 16.9. The van der Waals surface area contributed by atoms with Crippen LogP contribution in [0.2, 0.25) is 0 Å². The first-order valence-electron chi connectivity index (χ1n) is 9.95. The van der Waals surface area contributed by atoms with Gasteiger partial charge in [0.25, 0.3) is 5.91 Å². The molecule has 1 N–H and O–H groups in total. The Morgan fingerprint density at radius 3 is 2.07 bits per heavy atom. The monoisotopic (exact) mass is 404 g/mol. The van der Waals surface area contributed by atoms with E-state index < -0.39 is 0 Å². The van der Waals surface area contributed by atoms with Crippen LogP contribution < -0.4 is 5.32 Å². The summed E-state index contributed by atoms with van der Waals surface area (Å²) in [6.45, 7) is 0.417. The number of nitrogens with one attached hydrogen (secondary N) is 1. The molecule has 2 amide bonds. The number of amides is 2. The topological polar surface area (TPSA) is 49.4 Å². The van der Waals surface area contributed by atoms with E-state index in [1.54, 1.807) is 36.2 Å². The molecule has 3 rings (SSSR count). The van der Waals surface area contributed by atoms with Crippen LogP contribution in [0.15, 0.2) is 84.9 Å². The van der Waals surface area contributed by atoms with Crippen molar-refractivity contribution < 1.29 is 14.0 Å². The number of benzene rings is 3. The summed E-state index contributed by atoms with van der Waals surface area (Å²) in [5.74, 6) is -0.499. The van der Waals surface area contributed by atoms with E-state index >= 15 is 0 Å². The van der Waals surface area contributed by atoms with Crippen molar-refractivity contribution in [1.29, 1.82) is 0 Å². The van der Waals surface area contributed by atoms with E-state index in [9.17, 15) is 14.0 Å². The van der Waals surface area contributed by atoms with E-state index in [0.29, 0.717) is 24.9 Å². The summed E-state index contributed by atoms with van der Waals surface area (Å²) in [5.41, 5.74) is 2.40. The summed E-state index contributed by atoms with van der Waals surface area (Å²) in [6.07, 6.45) is 0.836. The van der Waals surface area contributed by atoms with E-state index in [1.807, 2.05) is 48.5 Å². The van der Waals surface area contributed by atoms with Crippen molar-refractivity contribution in [1.82, 2.24) is 10.2 Å². The Morgan fingerprint density at radius 1 is 0.867 bits per heavy atom. The summed E-state index contributed by atoms with van der Waals surface area (Å²) in [6, 6.07) is 24.6. The zero-order chi connectivity index (χ0) is 21.3. The smallest absolute Gasteiger partial charge is 0.251 e. The van der Waals surface area contributed by atoms with Gasteiger partial charge in [-0.3, -0.25) is 9.59 Å². The average Bonchev–Trinajstić information content (AvgIpc) is 2.79. The van der Waals surface area contributed by atoms with Crippen LogP contribution in [0.5, 0.6) is 0 Å². The molecular formula is C25H25FN2O2. The highest BCUT2D eigenvalue weighted by atomic mass is 19.1. The number of hydrogen-bond acceptors (Lipinski definition) is 2. The molecule has 0 aliphatic heterocycles. The van der Waals surface area contributed by atoms with E-state index in [2.05, 4.69) is 5.32 Å². The van der Waals surface area contributed by atoms with Crippen molar-refractivity contribution in [3.05, 3.63) is 107 Å². The summed E-state index contributed by atoms with van der Waals surface area (Å²) in [7, 11) is 1.76. The molecule has 0 aromatic heterocycles. The summed E-state index contributed by atoms with van der Waals surface area (Å²) >= 11 is 0. The average molecular weight is 404 g/mol. The Hall–Kier alpha value is -3.47. The van der Waals surface area contributed by atoms with Crippen LogP contribution in [0.3, 0.4) is 0 Å². The minimum atomic E-state index is -0.311. The Bertz CT molecular complexity index is 959. The number of nitrogens with zero attached hydrogens (tertiary/aromatic N) is 1. The van der Waals surface area contributed by atoms with Gasteiger partial charge >= 0.3 is 0 Å². The molecule has 4 nitrogen and oxygen atoms in total. The van der Waals surface area contributed by atoms with Crippen LogP contribution in [0.4, 0.5) is 4.39 Å². The number of hydrogen-bond donors (Lipinski definition) is 1. The maximum Gasteiger partial charge on any atom is 0.251 e. The Morgan fingerprint density at radius 2 is 1.43 bits per heavy atom. The number of carbonyl (C=O) groups is 2. The molecule has 0 aliphatic carbocycles. The second kappa shape index (κ2) is 10.3. The van der Waals surface area contributed by atoms with Crippen molar-refractivity contribution in [2.24, 2.45) is 0 Å². The van der Waals surface area contributed by atoms with Gasteiger partial charge in [0, 0.05) is 25.6 Å². The molecule has 0 radical (unpaired) electrons. The molecular weight excluding hydrogens is 379 g/mol. The molecule has 30 heavy (non-hydrogen) atoms. The molecule has 0 saturated heterocycles. The maximum absolute atomic E-state index is 13.4. The van der Waals surface area contributed by atoms with Gasteiger partial charge in [-0.15, -0.1) is 0 Å². The summed E-state index contributed by atoms with van der Waals surface area (Å²) in [4.78, 5) is 26.6. The minimum absolute atomic E-state index is 0.0397. The first-order chi connectivity index (χ1) is 14.6. The van der Waals surface area contributed by atoms with Gasteiger partial charge in [-0.2, -0.15) is 0 Å². The standard InChI is InChI=1S/C25H25FN2O2/c1-28(23(29)13-8-18-27-25(30)21-11-6-3-7-12-21)24(19-9-4-2-5-10-19)20-14-16-22(26)17-15-20/h2-7,9-12,14-17,24H,8,13,18H2,1H3,(H,27,30). The molecule has 1 unspecified atom stereocenters. The first-order valence-corrected chi connectivity index (χ1v) is 9.95. The summed E-state index contributed by atoms with van der Waals surface area (Å²) in [5, 5.41) is 2.84. The Kier molecular flexibility index (Phi) is 7.33. The molecule has 154 valence electrons. The van der Waals surface area contributed by atoms with Gasteiger partial charge in [0.1, 0.15) is 5.82 Å². The predicted octanol–water partition coefficient (Wildman–Crippen LogP) is 4.58. The van der Waals surface area contributed by atoms with Gasteiger partial charge in [-0.05, 0) is 41.8 Å². The van der Waals surface area contributed by atoms with Crippen LogP contribution in [-0.4, -0.2) is 30.3 Å². The van der Waals surface area contributed by atoms with Crippen LogP contribution in [0, 0.1) is 5.82 Å². The van der Waals surface area contributed by atoms with E-state index in [4.69, 9.17) is 0 Å². The highest BCUT2D eigenvalue weighted by molar-refractivity contribution is 5.94. The quantitative estimate of drug-likeness (QED) is 0.559. The van der Waals surface area contributed by atoms with Crippen molar-refractivity contribution >= 4 is 11.8 Å². The first kappa shape index (κ1) is 21.2. The Balaban J connectivity index is 1.61. The maximum atomic E-state index is 13.4. The molecule has 0 aliphatic rings. The van der Waals surface area contributed by atoms with Crippen molar-refractivity contribution in [2.75, 3.05) is 13.6 Å². The minimum Gasteiger partial charge on any atom is -0.352 e. The van der Waals surface area contributed by atoms with Crippen LogP contribution >= 0.6 is 0 Å². The normalized spacial score (nSPS) is 11.5. The second-order valence-electron chi connectivity index (χ2n) is 7.09. The van der Waals surface area contributed by atoms with E-state index in [0.717, 1.165) is 11.1 Å². The molecule has 0 fully saturated rings. The molecule has 0 spiro atoms. The number of carbonyl (C=O) groups excluding carboxylic acids is 2. The van der Waals surface area contributed by atoms with Gasteiger partial charge in [0.05, 0.1) is 6.04 Å². The van der Waals surface area contributed by atoms with Crippen molar-refractivity contribution in [3.63, 3.8) is 0 Å². The van der Waals surface area contributed by atoms with Crippen LogP contribution in [0.25, 0.3) is 0 Å². The van der Waals surface area contributed by atoms with E-state index in [-0.39, 0.29) is 23.7 Å². The lowest BCUT2D eigenvalue weighted by Gasteiger charge is -2.29. The van der Waals surface area contributed by atoms with Gasteiger partial charge in [-0.25, -0.2) is 4.39 Å². The largest absolute Gasteiger partial charge is 0.352 e. The number of halogens is 1. The second-order valence-corrected chi connectivity index (χ2v) is 7.09. The van der Waals surface area contributed by atoms with Crippen LogP contribution in [0.1, 0.15) is 40.4 Å². The fraction of sp³-hybridized carbons (Fsp3) is 0.200. The molecule has 3 aromatic carbocycles. The lowest BCUT2D eigenvalue weighted by Crippen LogP contribution is -2.33. The number of rotatable bonds is 8. The van der Waals surface area contributed by atoms with Gasteiger partial charge in [0.15, 0.2) is 0 Å². The zero-order valence-corrected chi connectivity index (χ0v) is 16.9. The van der Waals surface area contributed by atoms with Crippen LogP contribution in [-0.2, 0) is 4.79 Å². The van der Waals surface area contributed by atoms with Gasteiger partial charge in [0.2, 0.25) is 5.91 Å². The molecule has 0 heterocycles. The lowest BCUT2D eigenvalue weighted by atomic mass is 9.97. The van der Waals surface area contributed by atoms with Crippen molar-refractivity contribution in [2.45, 2.75) is 18.9 Å². The SMILES string of the molecule is CN(C(=O)CCCNC(=O)c1ccccc1)C(c1ccccc1)c1ccc(F)cc1. The molecule has 0 bridgehead atoms. The lowest BCUT2D eigenvalue weighted by molar-refractivity contribution is -0.131. The fourth-order valence-corrected chi connectivity index (χ4v) is 3.37. The molecule has 0 saturated carbocycles. The highest BCUT2D eigenvalue weighted by Crippen LogP contribution is 2.28. The van der Waals surface area contributed by atoms with Crippen molar-refractivity contribution in [3.8, 4) is 0 Å².